The van der Waals surface area contributed by atoms with Gasteiger partial charge < -0.3 is 14.6 Å². The van der Waals surface area contributed by atoms with Crippen molar-refractivity contribution in [3.63, 3.8) is 0 Å². The second-order valence-electron chi connectivity index (χ2n) is 5.71. The molecule has 0 aliphatic heterocycles. The summed E-state index contributed by atoms with van der Waals surface area (Å²) in [6.07, 6.45) is 0.951. The van der Waals surface area contributed by atoms with E-state index in [1.807, 2.05) is 48.9 Å². The molecule has 4 nitrogen and oxygen atoms in total. The van der Waals surface area contributed by atoms with Crippen LogP contribution >= 0.6 is 0 Å². The van der Waals surface area contributed by atoms with E-state index in [9.17, 15) is 4.79 Å². The Morgan fingerprint density at radius 3 is 2.67 bits per heavy atom. The van der Waals surface area contributed by atoms with Crippen molar-refractivity contribution in [3.05, 3.63) is 65.9 Å². The maximum Gasteiger partial charge on any atom is 0.354 e. The lowest BCUT2D eigenvalue weighted by molar-refractivity contribution is 0.0516. The number of ether oxygens (including phenoxy) is 1. The van der Waals surface area contributed by atoms with E-state index in [2.05, 4.69) is 29.6 Å². The van der Waals surface area contributed by atoms with Gasteiger partial charge in [-0.25, -0.2) is 4.79 Å². The molecular weight excluding hydrogens is 300 g/mol. The molecule has 0 fully saturated rings. The number of hydrogen-bond donors (Lipinski definition) is 1. The van der Waals surface area contributed by atoms with Crippen molar-refractivity contribution in [1.82, 2.24) is 4.57 Å². The van der Waals surface area contributed by atoms with Gasteiger partial charge in [0.05, 0.1) is 17.8 Å². The normalized spacial score (nSPS) is 10.8. The first-order valence-electron chi connectivity index (χ1n) is 8.24. The molecule has 0 bridgehead atoms. The number of carbonyl (C=O) groups excluding carboxylic acids is 1. The summed E-state index contributed by atoms with van der Waals surface area (Å²) in [5.41, 5.74) is 3.93. The summed E-state index contributed by atoms with van der Waals surface area (Å²) in [4.78, 5) is 12.1. The predicted molar refractivity (Wildman–Crippen MR) is 97.5 cm³/mol. The number of para-hydroxylation sites is 1. The fourth-order valence-corrected chi connectivity index (χ4v) is 2.95. The number of fused-ring (bicyclic) bond motifs is 1. The number of benzene rings is 2. The second-order valence-corrected chi connectivity index (χ2v) is 5.71. The first-order valence-corrected chi connectivity index (χ1v) is 8.24. The zero-order valence-corrected chi connectivity index (χ0v) is 14.1. The average Bonchev–Trinajstić information content (AvgIpc) is 2.94. The van der Waals surface area contributed by atoms with Gasteiger partial charge in [0, 0.05) is 19.0 Å². The number of anilines is 1. The molecule has 0 spiro atoms. The number of hydrogen-bond acceptors (Lipinski definition) is 3. The van der Waals surface area contributed by atoms with Crippen molar-refractivity contribution in [1.29, 1.82) is 0 Å². The number of aromatic nitrogens is 1. The Labute approximate surface area is 142 Å². The van der Waals surface area contributed by atoms with Crippen LogP contribution in [0.4, 0.5) is 5.69 Å². The number of nitrogens with one attached hydrogen (secondary N) is 1. The number of aryl methyl sites for hydroxylation is 1. The molecule has 1 heterocycles. The summed E-state index contributed by atoms with van der Waals surface area (Å²) in [7, 11) is 1.90. The highest BCUT2D eigenvalue weighted by Gasteiger charge is 2.16. The lowest BCUT2D eigenvalue weighted by atomic mass is 10.1. The van der Waals surface area contributed by atoms with Gasteiger partial charge in [-0.3, -0.25) is 0 Å². The van der Waals surface area contributed by atoms with Crippen molar-refractivity contribution in [3.8, 4) is 0 Å². The summed E-state index contributed by atoms with van der Waals surface area (Å²) in [5.74, 6) is -0.286. The van der Waals surface area contributed by atoms with Crippen LogP contribution < -0.4 is 5.32 Å². The largest absolute Gasteiger partial charge is 0.461 e. The Hall–Kier alpha value is -2.75. The summed E-state index contributed by atoms with van der Waals surface area (Å²) < 4.78 is 7.04. The van der Waals surface area contributed by atoms with E-state index in [0.29, 0.717) is 12.3 Å². The van der Waals surface area contributed by atoms with Gasteiger partial charge in [0.1, 0.15) is 5.69 Å². The minimum absolute atomic E-state index is 0.286. The van der Waals surface area contributed by atoms with Crippen LogP contribution in [0.5, 0.6) is 0 Å². The van der Waals surface area contributed by atoms with Crippen LogP contribution in [0, 0.1) is 0 Å². The van der Waals surface area contributed by atoms with Crippen LogP contribution in [0.2, 0.25) is 0 Å². The number of carbonyl (C=O) groups is 1. The van der Waals surface area contributed by atoms with E-state index in [4.69, 9.17) is 4.74 Å². The van der Waals surface area contributed by atoms with Crippen LogP contribution in [0.15, 0.2) is 54.6 Å². The Bertz CT molecular complexity index is 837. The van der Waals surface area contributed by atoms with Gasteiger partial charge in [0.25, 0.3) is 0 Å². The smallest absolute Gasteiger partial charge is 0.354 e. The van der Waals surface area contributed by atoms with E-state index in [1.165, 1.54) is 5.56 Å². The quantitative estimate of drug-likeness (QED) is 0.697. The third-order valence-corrected chi connectivity index (χ3v) is 4.11. The van der Waals surface area contributed by atoms with E-state index in [-0.39, 0.29) is 5.97 Å². The maximum absolute atomic E-state index is 12.1. The van der Waals surface area contributed by atoms with Crippen LogP contribution in [0.3, 0.4) is 0 Å². The third kappa shape index (κ3) is 3.27. The molecule has 1 aromatic heterocycles. The lowest BCUT2D eigenvalue weighted by Crippen LogP contribution is -2.10. The van der Waals surface area contributed by atoms with E-state index in [0.717, 1.165) is 29.6 Å². The Morgan fingerprint density at radius 2 is 1.92 bits per heavy atom. The molecule has 0 aliphatic rings. The summed E-state index contributed by atoms with van der Waals surface area (Å²) >= 11 is 0. The van der Waals surface area contributed by atoms with Gasteiger partial charge in [-0.1, -0.05) is 42.5 Å². The first-order chi connectivity index (χ1) is 11.7. The molecule has 1 N–H and O–H groups in total. The third-order valence-electron chi connectivity index (χ3n) is 4.11. The highest BCUT2D eigenvalue weighted by atomic mass is 16.5. The van der Waals surface area contributed by atoms with E-state index in [1.54, 1.807) is 0 Å². The number of nitrogens with zero attached hydrogens (tertiary/aromatic N) is 1. The lowest BCUT2D eigenvalue weighted by Gasteiger charge is -2.10. The zero-order valence-electron chi connectivity index (χ0n) is 14.1. The molecule has 0 unspecified atom stereocenters. The van der Waals surface area contributed by atoms with Crippen molar-refractivity contribution >= 4 is 22.6 Å². The van der Waals surface area contributed by atoms with Crippen LogP contribution in [-0.2, 0) is 18.2 Å². The van der Waals surface area contributed by atoms with Gasteiger partial charge in [0.2, 0.25) is 0 Å². The Kier molecular flexibility index (Phi) is 4.85. The highest BCUT2D eigenvalue weighted by Crippen LogP contribution is 2.26. The molecule has 3 rings (SSSR count). The molecule has 24 heavy (non-hydrogen) atoms. The minimum atomic E-state index is -0.286. The fraction of sp³-hybridized carbons (Fsp3) is 0.250. The maximum atomic E-state index is 12.1. The Morgan fingerprint density at radius 1 is 1.12 bits per heavy atom. The summed E-state index contributed by atoms with van der Waals surface area (Å²) in [6, 6.07) is 18.3. The SMILES string of the molecule is CCOC(=O)c1cc2cccc(NCCc3ccccc3)c2n1C. The second kappa shape index (κ2) is 7.21. The molecule has 3 aromatic rings. The molecule has 0 amide bonds. The highest BCUT2D eigenvalue weighted by molar-refractivity contribution is 6.00. The number of esters is 1. The molecule has 4 heteroatoms. The minimum Gasteiger partial charge on any atom is -0.461 e. The summed E-state index contributed by atoms with van der Waals surface area (Å²) in [6.45, 7) is 3.03. The zero-order chi connectivity index (χ0) is 16.9. The van der Waals surface area contributed by atoms with Gasteiger partial charge >= 0.3 is 5.97 Å². The first kappa shape index (κ1) is 16.1. The standard InChI is InChI=1S/C20H22N2O2/c1-3-24-20(23)18-14-16-10-7-11-17(19(16)22(18)2)21-13-12-15-8-5-4-6-9-15/h4-11,14,21H,3,12-13H2,1-2H3. The average molecular weight is 322 g/mol. The molecule has 0 radical (unpaired) electrons. The molecule has 124 valence electrons. The van der Waals surface area contributed by atoms with Gasteiger partial charge in [-0.05, 0) is 31.0 Å². The van der Waals surface area contributed by atoms with Gasteiger partial charge in [-0.2, -0.15) is 0 Å². The van der Waals surface area contributed by atoms with Crippen LogP contribution in [-0.4, -0.2) is 23.7 Å². The fourth-order valence-electron chi connectivity index (χ4n) is 2.95. The predicted octanol–water partition coefficient (Wildman–Crippen LogP) is 4.01. The molecular formula is C20H22N2O2. The summed E-state index contributed by atoms with van der Waals surface area (Å²) in [5, 5.41) is 4.52. The topological polar surface area (TPSA) is 43.3 Å². The molecule has 0 atom stereocenters. The van der Waals surface area contributed by atoms with Crippen molar-refractivity contribution < 1.29 is 9.53 Å². The Balaban J connectivity index is 1.82. The number of rotatable bonds is 6. The van der Waals surface area contributed by atoms with Gasteiger partial charge in [0.15, 0.2) is 0 Å². The van der Waals surface area contributed by atoms with E-state index < -0.39 is 0 Å². The van der Waals surface area contributed by atoms with Crippen molar-refractivity contribution in [2.24, 2.45) is 7.05 Å². The van der Waals surface area contributed by atoms with Crippen molar-refractivity contribution in [2.75, 3.05) is 18.5 Å². The van der Waals surface area contributed by atoms with Crippen molar-refractivity contribution in [2.45, 2.75) is 13.3 Å². The van der Waals surface area contributed by atoms with Crippen LogP contribution in [0.25, 0.3) is 10.9 Å². The van der Waals surface area contributed by atoms with Crippen LogP contribution in [0.1, 0.15) is 23.0 Å². The molecule has 2 aromatic carbocycles. The van der Waals surface area contributed by atoms with E-state index >= 15 is 0 Å². The van der Waals surface area contributed by atoms with Gasteiger partial charge in [-0.15, -0.1) is 0 Å². The molecule has 0 saturated carbocycles. The molecule has 0 saturated heterocycles. The monoisotopic (exact) mass is 322 g/mol. The molecule has 0 aliphatic carbocycles.